The SMILES string of the molecule is C\C=C/C=C\C(C=O)=C\OC(=O)/C(C)=C/C=C\C=C(/C)O. The van der Waals surface area contributed by atoms with Crippen molar-refractivity contribution < 1.29 is 19.4 Å². The molecule has 0 rings (SSSR count). The van der Waals surface area contributed by atoms with Crippen LogP contribution in [-0.4, -0.2) is 17.4 Å². The molecule has 0 aliphatic heterocycles. The Morgan fingerprint density at radius 3 is 2.29 bits per heavy atom. The second-order valence-electron chi connectivity index (χ2n) is 4.07. The highest BCUT2D eigenvalue weighted by atomic mass is 16.5. The monoisotopic (exact) mass is 288 g/mol. The highest BCUT2D eigenvalue weighted by Gasteiger charge is 2.03. The van der Waals surface area contributed by atoms with Gasteiger partial charge in [-0.2, -0.15) is 0 Å². The minimum atomic E-state index is -0.553. The topological polar surface area (TPSA) is 63.6 Å². The van der Waals surface area contributed by atoms with Crippen molar-refractivity contribution in [2.75, 3.05) is 0 Å². The standard InChI is InChI=1S/C17H20O4/c1-4-5-6-11-16(12-18)13-21-17(20)14(2)9-7-8-10-15(3)19/h4-13,19H,1-3H3/b5-4-,8-7-,11-6-,14-9+,15-10+,16-13-. The highest BCUT2D eigenvalue weighted by Crippen LogP contribution is 2.01. The average Bonchev–Trinajstić information content (AvgIpc) is 2.46. The Bertz CT molecular complexity index is 525. The van der Waals surface area contributed by atoms with Gasteiger partial charge in [0.15, 0.2) is 6.29 Å². The second kappa shape index (κ2) is 11.2. The van der Waals surface area contributed by atoms with Gasteiger partial charge in [-0.15, -0.1) is 0 Å². The molecule has 0 aromatic rings. The summed E-state index contributed by atoms with van der Waals surface area (Å²) in [4.78, 5) is 22.4. The zero-order chi connectivity index (χ0) is 16.1. The van der Waals surface area contributed by atoms with Crippen molar-refractivity contribution in [3.8, 4) is 0 Å². The molecule has 4 nitrogen and oxygen atoms in total. The fraction of sp³-hybridized carbons (Fsp3) is 0.176. The highest BCUT2D eigenvalue weighted by molar-refractivity contribution is 5.89. The van der Waals surface area contributed by atoms with Gasteiger partial charge in [0, 0.05) is 11.1 Å². The number of rotatable bonds is 7. The van der Waals surface area contributed by atoms with Crippen molar-refractivity contribution in [1.82, 2.24) is 0 Å². The van der Waals surface area contributed by atoms with Crippen molar-refractivity contribution in [3.63, 3.8) is 0 Å². The van der Waals surface area contributed by atoms with E-state index in [4.69, 9.17) is 9.84 Å². The molecule has 0 atom stereocenters. The van der Waals surface area contributed by atoms with E-state index in [0.29, 0.717) is 11.9 Å². The molecule has 4 heteroatoms. The Kier molecular flexibility index (Phi) is 9.83. The molecule has 0 unspecified atom stereocenters. The van der Waals surface area contributed by atoms with Crippen LogP contribution in [0.25, 0.3) is 0 Å². The summed E-state index contributed by atoms with van der Waals surface area (Å²) < 4.78 is 4.89. The lowest BCUT2D eigenvalue weighted by atomic mass is 10.2. The van der Waals surface area contributed by atoms with Gasteiger partial charge in [0.2, 0.25) is 0 Å². The molecule has 0 aromatic carbocycles. The molecule has 0 aliphatic carbocycles. The van der Waals surface area contributed by atoms with Crippen LogP contribution in [0.15, 0.2) is 71.8 Å². The third kappa shape index (κ3) is 9.90. The van der Waals surface area contributed by atoms with E-state index in [1.54, 1.807) is 44.2 Å². The molecule has 0 aliphatic rings. The Morgan fingerprint density at radius 2 is 1.71 bits per heavy atom. The minimum Gasteiger partial charge on any atom is -0.513 e. The van der Waals surface area contributed by atoms with Gasteiger partial charge in [0.25, 0.3) is 0 Å². The van der Waals surface area contributed by atoms with E-state index in [1.807, 2.05) is 13.0 Å². The average molecular weight is 288 g/mol. The lowest BCUT2D eigenvalue weighted by Crippen LogP contribution is -2.01. The third-order valence-electron chi connectivity index (χ3n) is 2.15. The number of ether oxygens (including phenoxy) is 1. The quantitative estimate of drug-likeness (QED) is 0.255. The maximum Gasteiger partial charge on any atom is 0.338 e. The number of carbonyl (C=O) groups excluding carboxylic acids is 2. The van der Waals surface area contributed by atoms with Crippen LogP contribution < -0.4 is 0 Å². The van der Waals surface area contributed by atoms with Crippen LogP contribution in [-0.2, 0) is 14.3 Å². The van der Waals surface area contributed by atoms with Gasteiger partial charge in [0.05, 0.1) is 5.76 Å². The lowest BCUT2D eigenvalue weighted by molar-refractivity contribution is -0.133. The molecule has 0 aromatic heterocycles. The lowest BCUT2D eigenvalue weighted by Gasteiger charge is -1.98. The van der Waals surface area contributed by atoms with Crippen molar-refractivity contribution in [2.24, 2.45) is 0 Å². The van der Waals surface area contributed by atoms with Crippen LogP contribution in [0.3, 0.4) is 0 Å². The van der Waals surface area contributed by atoms with Crippen LogP contribution in [0, 0.1) is 0 Å². The Morgan fingerprint density at radius 1 is 1.05 bits per heavy atom. The van der Waals surface area contributed by atoms with Crippen molar-refractivity contribution in [2.45, 2.75) is 20.8 Å². The van der Waals surface area contributed by atoms with Gasteiger partial charge in [-0.3, -0.25) is 4.79 Å². The second-order valence-corrected chi connectivity index (χ2v) is 4.07. The predicted molar refractivity (Wildman–Crippen MR) is 83.5 cm³/mol. The number of aliphatic hydroxyl groups excluding tert-OH is 1. The Balaban J connectivity index is 4.66. The van der Waals surface area contributed by atoms with Crippen LogP contribution >= 0.6 is 0 Å². The largest absolute Gasteiger partial charge is 0.513 e. The number of esters is 1. The summed E-state index contributed by atoms with van der Waals surface area (Å²) in [6.45, 7) is 4.98. The molecule has 0 fully saturated rings. The summed E-state index contributed by atoms with van der Waals surface area (Å²) in [5.74, 6) is -0.380. The van der Waals surface area contributed by atoms with Gasteiger partial charge in [-0.25, -0.2) is 4.79 Å². The molecule has 0 spiro atoms. The summed E-state index contributed by atoms with van der Waals surface area (Å²) in [5, 5.41) is 8.93. The zero-order valence-electron chi connectivity index (χ0n) is 12.4. The smallest absolute Gasteiger partial charge is 0.338 e. The summed E-state index contributed by atoms with van der Waals surface area (Å²) in [6, 6.07) is 0. The van der Waals surface area contributed by atoms with Gasteiger partial charge in [-0.05, 0) is 32.9 Å². The van der Waals surface area contributed by atoms with E-state index in [9.17, 15) is 9.59 Å². The first-order chi connectivity index (χ1) is 10.0. The molecule has 0 saturated heterocycles. The van der Waals surface area contributed by atoms with E-state index in [-0.39, 0.29) is 11.3 Å². The number of allylic oxidation sites excluding steroid dienone is 10. The Hall–Kier alpha value is -2.62. The number of aliphatic hydroxyl groups is 1. The number of aldehydes is 1. The fourth-order valence-corrected chi connectivity index (χ4v) is 1.06. The van der Waals surface area contributed by atoms with E-state index in [0.717, 1.165) is 6.26 Å². The van der Waals surface area contributed by atoms with Crippen LogP contribution in [0.1, 0.15) is 20.8 Å². The number of hydrogen-bond donors (Lipinski definition) is 1. The maximum absolute atomic E-state index is 11.6. The fourth-order valence-electron chi connectivity index (χ4n) is 1.06. The number of carbonyl (C=O) groups is 2. The maximum atomic E-state index is 11.6. The van der Waals surface area contributed by atoms with Gasteiger partial charge < -0.3 is 9.84 Å². The van der Waals surface area contributed by atoms with Crippen molar-refractivity contribution in [3.05, 3.63) is 71.8 Å². The molecule has 112 valence electrons. The van der Waals surface area contributed by atoms with Crippen LogP contribution in [0.5, 0.6) is 0 Å². The normalized spacial score (nSPS) is 14.3. The molecule has 0 bridgehead atoms. The summed E-state index contributed by atoms with van der Waals surface area (Å²) >= 11 is 0. The van der Waals surface area contributed by atoms with Crippen molar-refractivity contribution >= 4 is 12.3 Å². The van der Waals surface area contributed by atoms with Crippen LogP contribution in [0.4, 0.5) is 0 Å². The van der Waals surface area contributed by atoms with Crippen molar-refractivity contribution in [1.29, 1.82) is 0 Å². The molecule has 21 heavy (non-hydrogen) atoms. The zero-order valence-corrected chi connectivity index (χ0v) is 12.4. The third-order valence-corrected chi connectivity index (χ3v) is 2.15. The van der Waals surface area contributed by atoms with Gasteiger partial charge in [-0.1, -0.05) is 36.5 Å². The molecule has 0 radical (unpaired) electrons. The van der Waals surface area contributed by atoms with Gasteiger partial charge >= 0.3 is 5.97 Å². The molecular formula is C17H20O4. The van der Waals surface area contributed by atoms with E-state index in [1.165, 1.54) is 12.2 Å². The molecule has 0 heterocycles. The first-order valence-electron chi connectivity index (χ1n) is 6.37. The minimum absolute atomic E-state index is 0.173. The first-order valence-corrected chi connectivity index (χ1v) is 6.37. The molecule has 0 amide bonds. The van der Waals surface area contributed by atoms with Gasteiger partial charge in [0.1, 0.15) is 6.26 Å². The van der Waals surface area contributed by atoms with Crippen LogP contribution in [0.2, 0.25) is 0 Å². The van der Waals surface area contributed by atoms with E-state index >= 15 is 0 Å². The molecule has 0 saturated carbocycles. The Labute approximate surface area is 125 Å². The molecule has 1 N–H and O–H groups in total. The summed E-state index contributed by atoms with van der Waals surface area (Å²) in [6.07, 6.45) is 14.7. The summed E-state index contributed by atoms with van der Waals surface area (Å²) in [7, 11) is 0. The first kappa shape index (κ1) is 18.4. The predicted octanol–water partition coefficient (Wildman–Crippen LogP) is 3.71. The summed E-state index contributed by atoms with van der Waals surface area (Å²) in [5.41, 5.74) is 0.623. The van der Waals surface area contributed by atoms with E-state index in [2.05, 4.69) is 0 Å². The number of hydrogen-bond acceptors (Lipinski definition) is 4. The van der Waals surface area contributed by atoms with E-state index < -0.39 is 5.97 Å². The molecular weight excluding hydrogens is 268 g/mol.